The summed E-state index contributed by atoms with van der Waals surface area (Å²) in [6, 6.07) is 3.75. The smallest absolute Gasteiger partial charge is 0.118 e. The van der Waals surface area contributed by atoms with Crippen LogP contribution in [-0.4, -0.2) is 5.11 Å². The normalized spacial score (nSPS) is 10.0. The van der Waals surface area contributed by atoms with Crippen molar-refractivity contribution >= 4 is 0 Å². The van der Waals surface area contributed by atoms with Gasteiger partial charge in [-0.15, -0.1) is 6.58 Å². The summed E-state index contributed by atoms with van der Waals surface area (Å²) in [6.07, 6.45) is 3.72. The SMILES string of the molecule is C=CCc1c(CC)ccc(O)c1C. The standard InChI is InChI=1S/C12H16O/c1-4-6-11-9(3)12(13)8-7-10(11)5-2/h4,7-8,13H,1,5-6H2,2-3H3. The summed E-state index contributed by atoms with van der Waals surface area (Å²) in [7, 11) is 0. The maximum absolute atomic E-state index is 9.51. The summed E-state index contributed by atoms with van der Waals surface area (Å²) in [5.74, 6) is 0.383. The molecule has 70 valence electrons. The molecule has 0 saturated carbocycles. The van der Waals surface area contributed by atoms with Crippen molar-refractivity contribution in [2.24, 2.45) is 0 Å². The molecule has 1 rings (SSSR count). The van der Waals surface area contributed by atoms with Crippen LogP contribution in [0.3, 0.4) is 0 Å². The molecule has 1 nitrogen and oxygen atoms in total. The molecule has 1 aromatic rings. The van der Waals surface area contributed by atoms with E-state index in [0.29, 0.717) is 5.75 Å². The average Bonchev–Trinajstić information content (AvgIpc) is 2.14. The van der Waals surface area contributed by atoms with E-state index in [1.165, 1.54) is 11.1 Å². The second-order valence-corrected chi connectivity index (χ2v) is 3.19. The first-order valence-electron chi connectivity index (χ1n) is 4.62. The predicted octanol–water partition coefficient (Wildman–Crippen LogP) is 2.99. The minimum Gasteiger partial charge on any atom is -0.508 e. The fourth-order valence-corrected chi connectivity index (χ4v) is 1.56. The maximum atomic E-state index is 9.51. The topological polar surface area (TPSA) is 20.2 Å². The number of aromatic hydroxyl groups is 1. The van der Waals surface area contributed by atoms with Gasteiger partial charge in [0.2, 0.25) is 0 Å². The van der Waals surface area contributed by atoms with E-state index in [4.69, 9.17) is 0 Å². The zero-order valence-corrected chi connectivity index (χ0v) is 8.30. The second-order valence-electron chi connectivity index (χ2n) is 3.19. The second kappa shape index (κ2) is 4.13. The van der Waals surface area contributed by atoms with E-state index >= 15 is 0 Å². The van der Waals surface area contributed by atoms with Crippen LogP contribution in [0, 0.1) is 6.92 Å². The van der Waals surface area contributed by atoms with Crippen LogP contribution in [0.4, 0.5) is 0 Å². The highest BCUT2D eigenvalue weighted by atomic mass is 16.3. The molecule has 0 atom stereocenters. The van der Waals surface area contributed by atoms with Gasteiger partial charge in [0.1, 0.15) is 5.75 Å². The van der Waals surface area contributed by atoms with Crippen molar-refractivity contribution in [2.45, 2.75) is 26.7 Å². The summed E-state index contributed by atoms with van der Waals surface area (Å²) in [4.78, 5) is 0. The van der Waals surface area contributed by atoms with Crippen molar-refractivity contribution in [3.8, 4) is 5.75 Å². The highest BCUT2D eigenvalue weighted by molar-refractivity contribution is 5.44. The van der Waals surface area contributed by atoms with E-state index in [1.54, 1.807) is 6.07 Å². The van der Waals surface area contributed by atoms with Crippen molar-refractivity contribution in [3.05, 3.63) is 41.5 Å². The molecule has 0 aliphatic carbocycles. The fraction of sp³-hybridized carbons (Fsp3) is 0.333. The van der Waals surface area contributed by atoms with Gasteiger partial charge in [-0.25, -0.2) is 0 Å². The molecule has 1 aromatic carbocycles. The Kier molecular flexibility index (Phi) is 3.13. The molecule has 0 fully saturated rings. The first kappa shape index (κ1) is 9.85. The lowest BCUT2D eigenvalue weighted by molar-refractivity contribution is 0.470. The highest BCUT2D eigenvalue weighted by Gasteiger charge is 2.06. The number of hydrogen-bond acceptors (Lipinski definition) is 1. The molecule has 1 N–H and O–H groups in total. The third-order valence-electron chi connectivity index (χ3n) is 2.40. The van der Waals surface area contributed by atoms with Crippen LogP contribution >= 0.6 is 0 Å². The van der Waals surface area contributed by atoms with Gasteiger partial charge in [0.15, 0.2) is 0 Å². The lowest BCUT2D eigenvalue weighted by Crippen LogP contribution is -1.95. The number of hydrogen-bond donors (Lipinski definition) is 1. The monoisotopic (exact) mass is 176 g/mol. The van der Waals surface area contributed by atoms with Gasteiger partial charge in [-0.05, 0) is 42.5 Å². The van der Waals surface area contributed by atoms with Gasteiger partial charge in [-0.1, -0.05) is 19.1 Å². The van der Waals surface area contributed by atoms with Gasteiger partial charge in [0.05, 0.1) is 0 Å². The van der Waals surface area contributed by atoms with Crippen molar-refractivity contribution in [1.82, 2.24) is 0 Å². The van der Waals surface area contributed by atoms with Crippen LogP contribution in [0.2, 0.25) is 0 Å². The van der Waals surface area contributed by atoms with Crippen molar-refractivity contribution in [3.63, 3.8) is 0 Å². The molecule has 0 aliphatic heterocycles. The third-order valence-corrected chi connectivity index (χ3v) is 2.40. The Morgan fingerprint density at radius 1 is 1.46 bits per heavy atom. The number of rotatable bonds is 3. The third kappa shape index (κ3) is 1.92. The quantitative estimate of drug-likeness (QED) is 0.702. The van der Waals surface area contributed by atoms with Gasteiger partial charge in [-0.2, -0.15) is 0 Å². The molecule has 0 saturated heterocycles. The summed E-state index contributed by atoms with van der Waals surface area (Å²) in [5.41, 5.74) is 3.51. The largest absolute Gasteiger partial charge is 0.508 e. The average molecular weight is 176 g/mol. The summed E-state index contributed by atoms with van der Waals surface area (Å²) < 4.78 is 0. The van der Waals surface area contributed by atoms with Crippen molar-refractivity contribution in [1.29, 1.82) is 0 Å². The van der Waals surface area contributed by atoms with Gasteiger partial charge in [-0.3, -0.25) is 0 Å². The summed E-state index contributed by atoms with van der Waals surface area (Å²) >= 11 is 0. The summed E-state index contributed by atoms with van der Waals surface area (Å²) in [6.45, 7) is 7.80. The summed E-state index contributed by atoms with van der Waals surface area (Å²) in [5, 5.41) is 9.51. The Balaban J connectivity index is 3.23. The van der Waals surface area contributed by atoms with Crippen LogP contribution in [0.25, 0.3) is 0 Å². The van der Waals surface area contributed by atoms with Gasteiger partial charge >= 0.3 is 0 Å². The van der Waals surface area contributed by atoms with Crippen LogP contribution in [0.15, 0.2) is 24.8 Å². The lowest BCUT2D eigenvalue weighted by atomic mass is 9.97. The van der Waals surface area contributed by atoms with Gasteiger partial charge in [0, 0.05) is 0 Å². The molecule has 0 amide bonds. The predicted molar refractivity (Wildman–Crippen MR) is 56.1 cm³/mol. The first-order chi connectivity index (χ1) is 6.20. The zero-order chi connectivity index (χ0) is 9.84. The van der Waals surface area contributed by atoms with Crippen LogP contribution in [-0.2, 0) is 12.8 Å². The molecule has 0 radical (unpaired) electrons. The first-order valence-corrected chi connectivity index (χ1v) is 4.62. The number of aryl methyl sites for hydroxylation is 1. The number of phenols is 1. The fourth-order valence-electron chi connectivity index (χ4n) is 1.56. The molecule has 0 bridgehead atoms. The zero-order valence-electron chi connectivity index (χ0n) is 8.30. The molecule has 0 aromatic heterocycles. The van der Waals surface area contributed by atoms with Crippen molar-refractivity contribution in [2.75, 3.05) is 0 Å². The molecule has 0 aliphatic rings. The Morgan fingerprint density at radius 2 is 2.15 bits per heavy atom. The molecule has 0 unspecified atom stereocenters. The van der Waals surface area contributed by atoms with E-state index in [1.807, 2.05) is 19.1 Å². The molecule has 0 heterocycles. The van der Waals surface area contributed by atoms with Gasteiger partial charge in [0.25, 0.3) is 0 Å². The Morgan fingerprint density at radius 3 is 2.69 bits per heavy atom. The Hall–Kier alpha value is -1.24. The van der Waals surface area contributed by atoms with Crippen LogP contribution in [0.5, 0.6) is 5.75 Å². The minimum absolute atomic E-state index is 0.383. The molecule has 1 heteroatoms. The molecular weight excluding hydrogens is 160 g/mol. The molecule has 0 spiro atoms. The van der Waals surface area contributed by atoms with E-state index in [-0.39, 0.29) is 0 Å². The highest BCUT2D eigenvalue weighted by Crippen LogP contribution is 2.24. The number of phenolic OH excluding ortho intramolecular Hbond substituents is 1. The van der Waals surface area contributed by atoms with Crippen LogP contribution in [0.1, 0.15) is 23.6 Å². The Bertz CT molecular complexity index is 313. The van der Waals surface area contributed by atoms with Crippen molar-refractivity contribution < 1.29 is 5.11 Å². The van der Waals surface area contributed by atoms with Gasteiger partial charge < -0.3 is 5.11 Å². The van der Waals surface area contributed by atoms with E-state index in [2.05, 4.69) is 13.5 Å². The van der Waals surface area contributed by atoms with E-state index in [9.17, 15) is 5.11 Å². The minimum atomic E-state index is 0.383. The van der Waals surface area contributed by atoms with E-state index in [0.717, 1.165) is 18.4 Å². The maximum Gasteiger partial charge on any atom is 0.118 e. The molecular formula is C12H16O. The lowest BCUT2D eigenvalue weighted by Gasteiger charge is -2.10. The Labute approximate surface area is 79.7 Å². The van der Waals surface area contributed by atoms with Crippen LogP contribution < -0.4 is 0 Å². The van der Waals surface area contributed by atoms with E-state index < -0.39 is 0 Å². The number of benzene rings is 1. The number of allylic oxidation sites excluding steroid dienone is 1. The molecule has 13 heavy (non-hydrogen) atoms.